The zero-order valence-electron chi connectivity index (χ0n) is 7.92. The van der Waals surface area contributed by atoms with Crippen molar-refractivity contribution in [2.75, 3.05) is 6.61 Å². The zero-order chi connectivity index (χ0) is 11.4. The molecule has 0 saturated carbocycles. The topological polar surface area (TPSA) is 145 Å². The molecule has 0 saturated heterocycles. The first kappa shape index (κ1) is 17.6. The molecule has 84 valence electrons. The van der Waals surface area contributed by atoms with Crippen LogP contribution in [0, 0.1) is 0 Å². The number of hydrogen-bond donors (Lipinski definition) is 5. The molecule has 0 bridgehead atoms. The summed E-state index contributed by atoms with van der Waals surface area (Å²) < 4.78 is 14.0. The molecule has 10 heteroatoms. The van der Waals surface area contributed by atoms with Crippen LogP contribution in [0.15, 0.2) is 0 Å². The number of aliphatic hydroxyl groups excluding tert-OH is 3. The Morgan fingerprint density at radius 1 is 1.27 bits per heavy atom. The van der Waals surface area contributed by atoms with Gasteiger partial charge in [0.2, 0.25) is 0 Å². The number of rotatable bonds is 6. The second-order valence-electron chi connectivity index (χ2n) is 2.47. The number of aliphatic hydroxyl groups is 3. The van der Waals surface area contributed by atoms with E-state index in [1.165, 1.54) is 0 Å². The second kappa shape index (κ2) is 7.52. The van der Waals surface area contributed by atoms with Gasteiger partial charge in [-0.3, -0.25) is 4.52 Å². The third-order valence-corrected chi connectivity index (χ3v) is 1.78. The van der Waals surface area contributed by atoms with E-state index < -0.39 is 32.7 Å². The molecular weight excluding hydrogens is 226 g/mol. The maximum atomic E-state index is 10.1. The second-order valence-corrected chi connectivity index (χ2v) is 3.71. The average molecular weight is 237 g/mol. The molecule has 3 atom stereocenters. The van der Waals surface area contributed by atoms with Crippen LogP contribution in [-0.4, -0.2) is 56.3 Å². The van der Waals surface area contributed by atoms with Crippen molar-refractivity contribution in [3.8, 4) is 0 Å². The summed E-state index contributed by atoms with van der Waals surface area (Å²) in [5, 5.41) is 26.6. The molecule has 0 aliphatic heterocycles. The van der Waals surface area contributed by atoms with E-state index in [4.69, 9.17) is 25.1 Å². The fraction of sp³-hybridized carbons (Fsp3) is 0.800. The first-order chi connectivity index (χ1) is 6.28. The van der Waals surface area contributed by atoms with Gasteiger partial charge in [-0.1, -0.05) is 0 Å². The van der Waals surface area contributed by atoms with Crippen molar-refractivity contribution < 1.29 is 57.9 Å². The van der Waals surface area contributed by atoms with E-state index in [-0.39, 0.29) is 25.1 Å². The van der Waals surface area contributed by atoms with Crippen LogP contribution in [0.3, 0.4) is 0 Å². The van der Waals surface area contributed by atoms with Gasteiger partial charge in [0.1, 0.15) is 18.3 Å². The van der Waals surface area contributed by atoms with E-state index in [2.05, 4.69) is 4.52 Å². The summed E-state index contributed by atoms with van der Waals surface area (Å²) in [5.41, 5.74) is 0. The fourth-order valence-electron chi connectivity index (χ4n) is 0.580. The third kappa shape index (κ3) is 8.10. The quantitative estimate of drug-likeness (QED) is 0.175. The van der Waals surface area contributed by atoms with E-state index in [1.807, 2.05) is 0 Å². The van der Waals surface area contributed by atoms with E-state index in [0.717, 1.165) is 0 Å². The number of carbonyl (C=O) groups excluding carboxylic acids is 1. The van der Waals surface area contributed by atoms with Gasteiger partial charge >= 0.3 is 26.7 Å². The summed E-state index contributed by atoms with van der Waals surface area (Å²) in [4.78, 5) is 26.4. The minimum atomic E-state index is -4.74. The van der Waals surface area contributed by atoms with Crippen LogP contribution < -0.4 is 18.9 Å². The molecule has 0 rings (SSSR count). The number of phosphoric acid groups is 1. The summed E-state index contributed by atoms with van der Waals surface area (Å²) in [6.45, 7) is -0.893. The first-order valence-corrected chi connectivity index (χ1v) is 5.00. The Labute approximate surface area is 97.3 Å². The van der Waals surface area contributed by atoms with Gasteiger partial charge in [-0.25, -0.2) is 4.57 Å². The summed E-state index contributed by atoms with van der Waals surface area (Å²) in [6, 6.07) is 0. The normalized spacial score (nSPS) is 17.4. The third-order valence-electron chi connectivity index (χ3n) is 1.30. The van der Waals surface area contributed by atoms with Crippen LogP contribution in [0.2, 0.25) is 0 Å². The van der Waals surface area contributed by atoms with Gasteiger partial charge < -0.3 is 29.9 Å². The van der Waals surface area contributed by atoms with Crippen LogP contribution in [0.1, 0.15) is 0 Å². The Balaban J connectivity index is 0. The van der Waals surface area contributed by atoms with E-state index in [1.54, 1.807) is 0 Å². The van der Waals surface area contributed by atoms with Crippen molar-refractivity contribution >= 4 is 14.1 Å². The number of aldehydes is 1. The summed E-state index contributed by atoms with van der Waals surface area (Å²) in [6.07, 6.45) is -5.46. The van der Waals surface area contributed by atoms with Crippen molar-refractivity contribution in [1.29, 1.82) is 0 Å². The molecule has 0 aromatic carbocycles. The molecule has 0 spiro atoms. The van der Waals surface area contributed by atoms with Crippen molar-refractivity contribution in [1.82, 2.24) is 0 Å². The molecule has 0 heterocycles. The van der Waals surface area contributed by atoms with Gasteiger partial charge in [0.05, 0.1) is 6.61 Å². The number of carbonyl (C=O) groups is 1. The van der Waals surface area contributed by atoms with Gasteiger partial charge in [-0.15, -0.1) is 0 Å². The van der Waals surface area contributed by atoms with Crippen molar-refractivity contribution in [2.24, 2.45) is 0 Å². The van der Waals surface area contributed by atoms with Crippen molar-refractivity contribution in [3.63, 3.8) is 0 Å². The summed E-state index contributed by atoms with van der Waals surface area (Å²) in [5.74, 6) is 0. The maximum Gasteiger partial charge on any atom is 1.00 e. The van der Waals surface area contributed by atoms with Crippen molar-refractivity contribution in [2.45, 2.75) is 18.3 Å². The smallest absolute Gasteiger partial charge is 0.388 e. The molecule has 5 N–H and O–H groups in total. The Bertz CT molecular complexity index is 229. The van der Waals surface area contributed by atoms with E-state index in [9.17, 15) is 9.36 Å². The molecule has 0 aromatic heterocycles. The fourth-order valence-corrected chi connectivity index (χ4v) is 0.927. The van der Waals surface area contributed by atoms with Gasteiger partial charge in [0.25, 0.3) is 0 Å². The number of phosphoric ester groups is 1. The molecule has 8 nitrogen and oxygen atoms in total. The van der Waals surface area contributed by atoms with Gasteiger partial charge in [-0.05, 0) is 0 Å². The molecule has 0 aromatic rings. The molecule has 0 aliphatic rings. The Hall–Kier alpha value is 0.257. The van der Waals surface area contributed by atoms with Crippen LogP contribution in [0.25, 0.3) is 0 Å². The SMILES string of the molecule is O=C[C@H](O)[C@@H](O)[C@H](O)COP(=O)(O)O.[Li+]. The summed E-state index contributed by atoms with van der Waals surface area (Å²) in [7, 11) is -4.74. The molecule has 15 heavy (non-hydrogen) atoms. The Kier molecular flexibility index (Phi) is 8.84. The largest absolute Gasteiger partial charge is 1.00 e. The molecule has 0 radical (unpaired) electrons. The Morgan fingerprint density at radius 3 is 2.07 bits per heavy atom. The maximum absolute atomic E-state index is 10.1. The Morgan fingerprint density at radius 2 is 1.73 bits per heavy atom. The zero-order valence-corrected chi connectivity index (χ0v) is 8.82. The molecule has 0 fully saturated rings. The molecule has 0 amide bonds. The number of hydrogen-bond acceptors (Lipinski definition) is 6. The molecule has 0 aliphatic carbocycles. The monoisotopic (exact) mass is 237 g/mol. The minimum Gasteiger partial charge on any atom is -0.388 e. The van der Waals surface area contributed by atoms with E-state index >= 15 is 0 Å². The predicted molar refractivity (Wildman–Crippen MR) is 42.1 cm³/mol. The molecular formula is C5H11LiO8P+. The van der Waals surface area contributed by atoms with Crippen LogP contribution in [0.5, 0.6) is 0 Å². The summed E-state index contributed by atoms with van der Waals surface area (Å²) >= 11 is 0. The van der Waals surface area contributed by atoms with Crippen LogP contribution >= 0.6 is 7.82 Å². The average Bonchev–Trinajstić information content (AvgIpc) is 2.10. The van der Waals surface area contributed by atoms with Gasteiger partial charge in [0, 0.05) is 0 Å². The van der Waals surface area contributed by atoms with Crippen LogP contribution in [-0.2, 0) is 13.9 Å². The standard InChI is InChI=1S/C5H11O8P.Li/c6-1-3(7)5(9)4(8)2-13-14(10,11)12;/h1,3-5,7-9H,2H2,(H2,10,11,12);/q;+1/t3-,4+,5+;/m0./s1. The van der Waals surface area contributed by atoms with Gasteiger partial charge in [-0.2, -0.15) is 0 Å². The van der Waals surface area contributed by atoms with E-state index in [0.29, 0.717) is 0 Å². The minimum absolute atomic E-state index is 0. The first-order valence-electron chi connectivity index (χ1n) is 3.47. The molecule has 0 unspecified atom stereocenters. The predicted octanol–water partition coefficient (Wildman–Crippen LogP) is -5.62. The van der Waals surface area contributed by atoms with Crippen LogP contribution in [0.4, 0.5) is 0 Å². The van der Waals surface area contributed by atoms with Gasteiger partial charge in [0.15, 0.2) is 6.29 Å². The van der Waals surface area contributed by atoms with Crippen molar-refractivity contribution in [3.05, 3.63) is 0 Å².